The van der Waals surface area contributed by atoms with E-state index < -0.39 is 0 Å². The summed E-state index contributed by atoms with van der Waals surface area (Å²) in [4.78, 5) is 9.78. The zero-order valence-corrected chi connectivity index (χ0v) is 16.3. The van der Waals surface area contributed by atoms with E-state index in [1.807, 2.05) is 7.05 Å². The highest BCUT2D eigenvalue weighted by molar-refractivity contribution is 5.79. The second-order valence-corrected chi connectivity index (χ2v) is 8.17. The molecular weight excluding hydrogens is 310 g/mol. The molecule has 0 radical (unpaired) electrons. The highest BCUT2D eigenvalue weighted by atomic mass is 15.3. The van der Waals surface area contributed by atoms with E-state index in [0.29, 0.717) is 6.04 Å². The van der Waals surface area contributed by atoms with E-state index in [2.05, 4.69) is 25.4 Å². The minimum atomic E-state index is 0.567. The summed E-state index contributed by atoms with van der Waals surface area (Å²) in [6.45, 7) is 7.30. The molecule has 5 nitrogen and oxygen atoms in total. The van der Waals surface area contributed by atoms with Crippen molar-refractivity contribution in [2.45, 2.75) is 76.3 Å². The van der Waals surface area contributed by atoms with Crippen LogP contribution in [0.15, 0.2) is 4.99 Å². The van der Waals surface area contributed by atoms with Gasteiger partial charge in [0.1, 0.15) is 0 Å². The number of aliphatic imine (C=N–C) groups is 1. The molecular formula is C20H39N5. The van der Waals surface area contributed by atoms with E-state index in [1.165, 1.54) is 96.9 Å². The molecule has 0 aromatic carbocycles. The van der Waals surface area contributed by atoms with Crippen molar-refractivity contribution in [1.82, 2.24) is 20.4 Å². The van der Waals surface area contributed by atoms with E-state index in [4.69, 9.17) is 0 Å². The maximum atomic E-state index is 4.44. The van der Waals surface area contributed by atoms with Gasteiger partial charge < -0.3 is 15.5 Å². The molecule has 5 heteroatoms. The van der Waals surface area contributed by atoms with E-state index >= 15 is 0 Å². The van der Waals surface area contributed by atoms with E-state index in [-0.39, 0.29) is 0 Å². The fourth-order valence-corrected chi connectivity index (χ4v) is 4.76. The van der Waals surface area contributed by atoms with Gasteiger partial charge in [-0.05, 0) is 58.2 Å². The van der Waals surface area contributed by atoms with Crippen LogP contribution in [0, 0.1) is 0 Å². The van der Waals surface area contributed by atoms with Gasteiger partial charge >= 0.3 is 0 Å². The van der Waals surface area contributed by atoms with Crippen molar-refractivity contribution in [2.75, 3.05) is 46.3 Å². The number of likely N-dealkylation sites (tertiary alicyclic amines) is 2. The third-order valence-electron chi connectivity index (χ3n) is 6.27. The van der Waals surface area contributed by atoms with Crippen molar-refractivity contribution in [3.8, 4) is 0 Å². The fraction of sp³-hybridized carbons (Fsp3) is 0.950. The lowest BCUT2D eigenvalue weighted by atomic mass is 10.2. The number of hydrogen-bond acceptors (Lipinski definition) is 3. The molecule has 0 bridgehead atoms. The maximum absolute atomic E-state index is 4.44. The molecule has 2 heterocycles. The van der Waals surface area contributed by atoms with Gasteiger partial charge in [0.05, 0.1) is 0 Å². The first-order valence-electron chi connectivity index (χ1n) is 10.8. The zero-order valence-electron chi connectivity index (χ0n) is 16.3. The van der Waals surface area contributed by atoms with Crippen LogP contribution in [0.3, 0.4) is 0 Å². The molecule has 1 aliphatic carbocycles. The zero-order chi connectivity index (χ0) is 17.3. The Morgan fingerprint density at radius 3 is 2.44 bits per heavy atom. The predicted molar refractivity (Wildman–Crippen MR) is 106 cm³/mol. The molecule has 1 saturated carbocycles. The molecule has 3 aliphatic rings. The van der Waals surface area contributed by atoms with Crippen LogP contribution in [0.25, 0.3) is 0 Å². The average Bonchev–Trinajstić information content (AvgIpc) is 3.25. The highest BCUT2D eigenvalue weighted by Gasteiger charge is 2.30. The van der Waals surface area contributed by atoms with Crippen LogP contribution in [0.5, 0.6) is 0 Å². The lowest BCUT2D eigenvalue weighted by molar-refractivity contribution is 0.242. The summed E-state index contributed by atoms with van der Waals surface area (Å²) in [6.07, 6.45) is 13.8. The number of hydrogen-bond donors (Lipinski definition) is 2. The molecule has 2 saturated heterocycles. The third-order valence-corrected chi connectivity index (χ3v) is 6.27. The van der Waals surface area contributed by atoms with Gasteiger partial charge in [-0.2, -0.15) is 0 Å². The minimum Gasteiger partial charge on any atom is -0.356 e. The first kappa shape index (κ1) is 19.0. The molecule has 3 rings (SSSR count). The normalized spacial score (nSPS) is 27.6. The molecule has 2 N–H and O–H groups in total. The maximum Gasteiger partial charge on any atom is 0.191 e. The lowest BCUT2D eigenvalue weighted by Crippen LogP contribution is -2.45. The van der Waals surface area contributed by atoms with Gasteiger partial charge in [0.25, 0.3) is 0 Å². The van der Waals surface area contributed by atoms with Crippen molar-refractivity contribution in [3.05, 3.63) is 0 Å². The Labute approximate surface area is 154 Å². The molecule has 1 unspecified atom stereocenters. The summed E-state index contributed by atoms with van der Waals surface area (Å²) >= 11 is 0. The van der Waals surface area contributed by atoms with Gasteiger partial charge in [0, 0.05) is 38.8 Å². The molecule has 144 valence electrons. The van der Waals surface area contributed by atoms with Gasteiger partial charge in [0.2, 0.25) is 0 Å². The Hall–Kier alpha value is -0.810. The Kier molecular flexibility index (Phi) is 7.86. The van der Waals surface area contributed by atoms with Crippen LogP contribution < -0.4 is 10.6 Å². The van der Waals surface area contributed by atoms with Gasteiger partial charge in [0.15, 0.2) is 5.96 Å². The molecule has 0 spiro atoms. The van der Waals surface area contributed by atoms with Crippen LogP contribution in [0.1, 0.15) is 64.2 Å². The molecule has 0 aromatic rings. The van der Waals surface area contributed by atoms with Crippen molar-refractivity contribution < 1.29 is 0 Å². The van der Waals surface area contributed by atoms with Crippen molar-refractivity contribution in [2.24, 2.45) is 4.99 Å². The summed E-state index contributed by atoms with van der Waals surface area (Å²) in [5, 5.41) is 7.18. The first-order valence-corrected chi connectivity index (χ1v) is 10.8. The Balaban J connectivity index is 1.30. The standard InChI is InChI=1S/C20H39N5/c1-21-20(22-12-8-15-24-13-6-2-3-7-14-24)23-18-11-16-25(17-18)19-9-4-5-10-19/h18-19H,2-17H2,1H3,(H2,21,22,23). The van der Waals surface area contributed by atoms with Gasteiger partial charge in [-0.15, -0.1) is 0 Å². The summed E-state index contributed by atoms with van der Waals surface area (Å²) < 4.78 is 0. The second-order valence-electron chi connectivity index (χ2n) is 8.17. The number of nitrogens with zero attached hydrogens (tertiary/aromatic N) is 3. The number of nitrogens with one attached hydrogen (secondary N) is 2. The first-order chi connectivity index (χ1) is 12.3. The lowest BCUT2D eigenvalue weighted by Gasteiger charge is -2.24. The fourth-order valence-electron chi connectivity index (χ4n) is 4.76. The highest BCUT2D eigenvalue weighted by Crippen LogP contribution is 2.26. The van der Waals surface area contributed by atoms with Crippen LogP contribution in [0.4, 0.5) is 0 Å². The average molecular weight is 350 g/mol. The van der Waals surface area contributed by atoms with Crippen LogP contribution in [-0.2, 0) is 0 Å². The van der Waals surface area contributed by atoms with Crippen LogP contribution >= 0.6 is 0 Å². The smallest absolute Gasteiger partial charge is 0.191 e. The van der Waals surface area contributed by atoms with Crippen LogP contribution in [-0.4, -0.2) is 74.2 Å². The molecule has 25 heavy (non-hydrogen) atoms. The predicted octanol–water partition coefficient (Wildman–Crippen LogP) is 2.43. The third kappa shape index (κ3) is 6.14. The Bertz CT molecular complexity index is 397. The SMILES string of the molecule is CN=C(NCCCN1CCCCCC1)NC1CCN(C2CCCC2)C1. The topological polar surface area (TPSA) is 42.9 Å². The van der Waals surface area contributed by atoms with Gasteiger partial charge in [-0.3, -0.25) is 9.89 Å². The summed E-state index contributed by atoms with van der Waals surface area (Å²) in [5.74, 6) is 0.995. The van der Waals surface area contributed by atoms with E-state index in [0.717, 1.165) is 18.5 Å². The minimum absolute atomic E-state index is 0.567. The largest absolute Gasteiger partial charge is 0.356 e. The second kappa shape index (κ2) is 10.4. The van der Waals surface area contributed by atoms with Gasteiger partial charge in [-0.1, -0.05) is 25.7 Å². The Morgan fingerprint density at radius 1 is 0.960 bits per heavy atom. The summed E-state index contributed by atoms with van der Waals surface area (Å²) in [7, 11) is 1.90. The van der Waals surface area contributed by atoms with Crippen molar-refractivity contribution in [1.29, 1.82) is 0 Å². The molecule has 2 aliphatic heterocycles. The summed E-state index contributed by atoms with van der Waals surface area (Å²) in [5.41, 5.74) is 0. The molecule has 1 atom stereocenters. The number of guanidine groups is 1. The van der Waals surface area contributed by atoms with Gasteiger partial charge in [-0.25, -0.2) is 0 Å². The summed E-state index contributed by atoms with van der Waals surface area (Å²) in [6, 6.07) is 1.42. The quantitative estimate of drug-likeness (QED) is 0.439. The van der Waals surface area contributed by atoms with Crippen LogP contribution in [0.2, 0.25) is 0 Å². The molecule has 3 fully saturated rings. The number of rotatable bonds is 6. The Morgan fingerprint density at radius 2 is 1.72 bits per heavy atom. The monoisotopic (exact) mass is 349 g/mol. The van der Waals surface area contributed by atoms with E-state index in [1.54, 1.807) is 0 Å². The van der Waals surface area contributed by atoms with Crippen molar-refractivity contribution >= 4 is 5.96 Å². The molecule has 0 aromatic heterocycles. The molecule has 0 amide bonds. The van der Waals surface area contributed by atoms with Crippen molar-refractivity contribution in [3.63, 3.8) is 0 Å². The van der Waals surface area contributed by atoms with E-state index in [9.17, 15) is 0 Å².